The van der Waals surface area contributed by atoms with Crippen molar-refractivity contribution < 1.29 is 27.5 Å². The normalized spacial score (nSPS) is 13.6. The number of hydrogen-bond acceptors (Lipinski definition) is 7. The molecule has 2 aromatic rings. The summed E-state index contributed by atoms with van der Waals surface area (Å²) in [6.07, 6.45) is -3.95. The number of carbonyl (C=O) groups excluding carboxylic acids is 1. The lowest BCUT2D eigenvalue weighted by Gasteiger charge is -2.08. The quantitative estimate of drug-likeness (QED) is 0.345. The van der Waals surface area contributed by atoms with Crippen LogP contribution in [0.25, 0.3) is 5.69 Å². The maximum absolute atomic E-state index is 13.2. The Morgan fingerprint density at radius 3 is 2.68 bits per heavy atom. The van der Waals surface area contributed by atoms with Crippen LogP contribution in [0.5, 0.6) is 0 Å². The molecule has 2 aromatic heterocycles. The fraction of sp³-hybridized carbons (Fsp3) is 0.182. The molecule has 10 nitrogen and oxygen atoms in total. The van der Waals surface area contributed by atoms with Crippen molar-refractivity contribution in [3.05, 3.63) is 45.9 Å². The zero-order valence-electron chi connectivity index (χ0n) is 12.1. The summed E-state index contributed by atoms with van der Waals surface area (Å²) in [4.78, 5) is 25.1. The Morgan fingerprint density at radius 1 is 1.44 bits per heavy atom. The minimum absolute atomic E-state index is 0.185. The Hall–Kier alpha value is -3.00. The number of aromatic nitrogens is 3. The van der Waals surface area contributed by atoms with Crippen LogP contribution in [0.4, 0.5) is 19.0 Å². The molecule has 2 N–H and O–H groups in total. The average Bonchev–Trinajstić information content (AvgIpc) is 3.27. The van der Waals surface area contributed by atoms with E-state index in [0.717, 1.165) is 18.3 Å². The van der Waals surface area contributed by atoms with Crippen LogP contribution in [0.1, 0.15) is 16.2 Å². The molecule has 0 saturated carbocycles. The Balaban J connectivity index is 1.93. The smallest absolute Gasteiger partial charge is 0.422 e. The molecular formula is C11H8BF3N6O4. The molecule has 0 aromatic carbocycles. The molecule has 3 heterocycles. The van der Waals surface area contributed by atoms with E-state index in [1.165, 1.54) is 0 Å². The van der Waals surface area contributed by atoms with Crippen molar-refractivity contribution in [2.75, 3.05) is 6.51 Å². The Bertz CT molecular complexity index is 820. The van der Waals surface area contributed by atoms with E-state index < -0.39 is 34.2 Å². The van der Waals surface area contributed by atoms with E-state index in [2.05, 4.69) is 20.8 Å². The Kier molecular flexibility index (Phi) is 4.14. The Labute approximate surface area is 137 Å². The van der Waals surface area contributed by atoms with E-state index in [4.69, 9.17) is 4.65 Å². The summed E-state index contributed by atoms with van der Waals surface area (Å²) in [5.41, 5.74) is 0.255. The first-order valence-corrected chi connectivity index (χ1v) is 6.71. The van der Waals surface area contributed by atoms with Crippen molar-refractivity contribution in [1.29, 1.82) is 0 Å². The fourth-order valence-corrected chi connectivity index (χ4v) is 1.84. The van der Waals surface area contributed by atoms with Crippen LogP contribution in [-0.2, 0) is 10.8 Å². The molecule has 0 spiro atoms. The average molecular weight is 356 g/mol. The van der Waals surface area contributed by atoms with Gasteiger partial charge in [-0.3, -0.25) is 10.2 Å². The van der Waals surface area contributed by atoms with Gasteiger partial charge in [0.25, 0.3) is 5.91 Å². The van der Waals surface area contributed by atoms with Gasteiger partial charge in [-0.1, -0.05) is 0 Å². The second-order valence-electron chi connectivity index (χ2n) is 4.88. The molecule has 1 aliphatic rings. The minimum Gasteiger partial charge on any atom is -0.422 e. The summed E-state index contributed by atoms with van der Waals surface area (Å²) < 4.78 is 44.8. The van der Waals surface area contributed by atoms with E-state index in [9.17, 15) is 28.1 Å². The number of carbonyl (C=O) groups is 1. The van der Waals surface area contributed by atoms with E-state index in [0.29, 0.717) is 17.3 Å². The molecule has 14 heteroatoms. The highest BCUT2D eigenvalue weighted by Crippen LogP contribution is 2.31. The molecule has 1 amide bonds. The molecular weight excluding hydrogens is 348 g/mol. The summed E-state index contributed by atoms with van der Waals surface area (Å²) in [5.74, 6) is -1.43. The van der Waals surface area contributed by atoms with Crippen molar-refractivity contribution in [3.63, 3.8) is 0 Å². The van der Waals surface area contributed by atoms with Crippen molar-refractivity contribution in [2.45, 2.75) is 6.18 Å². The van der Waals surface area contributed by atoms with Gasteiger partial charge in [-0.05, 0) is 16.0 Å². The monoisotopic (exact) mass is 356 g/mol. The van der Waals surface area contributed by atoms with Crippen LogP contribution in [0.15, 0.2) is 24.4 Å². The van der Waals surface area contributed by atoms with Gasteiger partial charge in [0.2, 0.25) is 0 Å². The second kappa shape index (κ2) is 6.14. The summed E-state index contributed by atoms with van der Waals surface area (Å²) in [6, 6.07) is 2.54. The number of hydrogen-bond donors (Lipinski definition) is 2. The number of nitrogens with one attached hydrogen (secondary N) is 2. The van der Waals surface area contributed by atoms with Gasteiger partial charge in [0.1, 0.15) is 11.4 Å². The number of hydrazine groups is 1. The van der Waals surface area contributed by atoms with E-state index in [1.54, 1.807) is 0 Å². The highest BCUT2D eigenvalue weighted by molar-refractivity contribution is 6.57. The predicted octanol–water partition coefficient (Wildman–Crippen LogP) is 0.486. The number of alkyl halides is 3. The van der Waals surface area contributed by atoms with Crippen LogP contribution in [-0.4, -0.2) is 39.2 Å². The fourth-order valence-electron chi connectivity index (χ4n) is 1.84. The molecule has 130 valence electrons. The van der Waals surface area contributed by atoms with Gasteiger partial charge in [-0.25, -0.2) is 10.0 Å². The molecule has 0 atom stereocenters. The largest absolute Gasteiger partial charge is 0.433 e. The van der Waals surface area contributed by atoms with E-state index >= 15 is 0 Å². The maximum atomic E-state index is 13.2. The molecule has 0 aliphatic carbocycles. The van der Waals surface area contributed by atoms with Crippen LogP contribution in [0.2, 0.25) is 0 Å². The molecule has 3 rings (SSSR count). The molecule has 1 fully saturated rings. The lowest BCUT2D eigenvalue weighted by molar-refractivity contribution is -0.389. The molecule has 1 aliphatic heterocycles. The maximum Gasteiger partial charge on any atom is 0.433 e. The molecule has 0 bridgehead atoms. The van der Waals surface area contributed by atoms with Crippen molar-refractivity contribution >= 4 is 18.8 Å². The van der Waals surface area contributed by atoms with Gasteiger partial charge in [-0.15, -0.1) is 0 Å². The molecule has 0 radical (unpaired) electrons. The predicted molar refractivity (Wildman–Crippen MR) is 75.3 cm³/mol. The van der Waals surface area contributed by atoms with Gasteiger partial charge in [0, 0.05) is 12.1 Å². The SMILES string of the molecule is O=C(NNB1CO1)c1cc(C(F)(F)F)n(-c2ccc([N+](=O)[O-])nc2)n1. The summed E-state index contributed by atoms with van der Waals surface area (Å²) in [6.45, 7) is 0.372. The molecule has 25 heavy (non-hydrogen) atoms. The lowest BCUT2D eigenvalue weighted by Crippen LogP contribution is -2.41. The first-order valence-electron chi connectivity index (χ1n) is 6.71. The summed E-state index contributed by atoms with van der Waals surface area (Å²) >= 11 is 0. The number of amides is 1. The Morgan fingerprint density at radius 2 is 2.16 bits per heavy atom. The van der Waals surface area contributed by atoms with E-state index in [-0.39, 0.29) is 12.7 Å². The summed E-state index contributed by atoms with van der Waals surface area (Å²) in [5, 5.41) is 16.6. The van der Waals surface area contributed by atoms with Crippen molar-refractivity contribution in [2.24, 2.45) is 0 Å². The zero-order chi connectivity index (χ0) is 18.2. The number of pyridine rings is 1. The highest BCUT2D eigenvalue weighted by atomic mass is 19.4. The minimum atomic E-state index is -4.81. The van der Waals surface area contributed by atoms with Crippen LogP contribution in [0, 0.1) is 10.1 Å². The van der Waals surface area contributed by atoms with Gasteiger partial charge < -0.3 is 14.8 Å². The first kappa shape index (κ1) is 16.8. The third kappa shape index (κ3) is 3.75. The highest BCUT2D eigenvalue weighted by Gasteiger charge is 2.38. The molecule has 1 saturated heterocycles. The van der Waals surface area contributed by atoms with Crippen molar-refractivity contribution in [3.8, 4) is 5.69 Å². The van der Waals surface area contributed by atoms with Gasteiger partial charge in [-0.2, -0.15) is 18.3 Å². The first-order chi connectivity index (χ1) is 11.8. The van der Waals surface area contributed by atoms with Crippen LogP contribution >= 0.6 is 0 Å². The third-order valence-electron chi connectivity index (χ3n) is 3.08. The van der Waals surface area contributed by atoms with Gasteiger partial charge >= 0.3 is 19.0 Å². The third-order valence-corrected chi connectivity index (χ3v) is 3.08. The van der Waals surface area contributed by atoms with Crippen molar-refractivity contribution in [1.82, 2.24) is 25.5 Å². The standard InChI is InChI=1S/C11H8BF3N6O4/c13-11(14,15)8-3-7(10(22)17-19-12-5-25-12)18-20(8)6-1-2-9(16-4-6)21(23)24/h1-4,19H,5H2,(H,17,22). The lowest BCUT2D eigenvalue weighted by atomic mass is 10.00. The number of halogens is 3. The van der Waals surface area contributed by atoms with Gasteiger partial charge in [0.15, 0.2) is 11.9 Å². The van der Waals surface area contributed by atoms with Crippen LogP contribution < -0.4 is 10.8 Å². The zero-order valence-corrected chi connectivity index (χ0v) is 12.1. The number of nitro groups is 1. The summed E-state index contributed by atoms with van der Waals surface area (Å²) in [7, 11) is -0.382. The molecule has 0 unspecified atom stereocenters. The van der Waals surface area contributed by atoms with Gasteiger partial charge in [0.05, 0.1) is 6.51 Å². The topological polar surface area (TPSA) is 128 Å². The van der Waals surface area contributed by atoms with Crippen LogP contribution in [0.3, 0.4) is 0 Å². The number of nitrogens with zero attached hydrogens (tertiary/aromatic N) is 4. The number of rotatable bonds is 5. The van der Waals surface area contributed by atoms with E-state index in [1.807, 2.05) is 0 Å². The second-order valence-corrected chi connectivity index (χ2v) is 4.88.